The summed E-state index contributed by atoms with van der Waals surface area (Å²) >= 11 is 0. The lowest BCUT2D eigenvalue weighted by Gasteiger charge is -2.24. The maximum atomic E-state index is 5.25. The Morgan fingerprint density at radius 2 is 1.83 bits per heavy atom. The van der Waals surface area contributed by atoms with Crippen LogP contribution in [0.1, 0.15) is 33.6 Å². The van der Waals surface area contributed by atoms with Crippen LogP contribution >= 0.6 is 0 Å². The van der Waals surface area contributed by atoms with Crippen LogP contribution in [0.4, 0.5) is 0 Å². The largest absolute Gasteiger partial charge is 0.380 e. The third-order valence-corrected chi connectivity index (χ3v) is 2.93. The molecule has 12 heavy (non-hydrogen) atoms. The van der Waals surface area contributed by atoms with E-state index in [0.29, 0.717) is 18.2 Å². The van der Waals surface area contributed by atoms with E-state index in [1.165, 1.54) is 12.8 Å². The van der Waals surface area contributed by atoms with Crippen LogP contribution < -0.4 is 5.32 Å². The first-order chi connectivity index (χ1) is 5.65. The van der Waals surface area contributed by atoms with Crippen molar-refractivity contribution in [2.45, 2.75) is 51.8 Å². The van der Waals surface area contributed by atoms with Crippen molar-refractivity contribution in [1.29, 1.82) is 0 Å². The van der Waals surface area contributed by atoms with Crippen molar-refractivity contribution >= 4 is 0 Å². The molecular formula is C10H21NO. The minimum absolute atomic E-state index is 0.311. The van der Waals surface area contributed by atoms with Crippen LogP contribution in [0.2, 0.25) is 0 Å². The lowest BCUT2D eigenvalue weighted by molar-refractivity contribution is 0.0841. The van der Waals surface area contributed by atoms with Gasteiger partial charge >= 0.3 is 0 Å². The van der Waals surface area contributed by atoms with Crippen LogP contribution in [0.25, 0.3) is 0 Å². The summed E-state index contributed by atoms with van der Waals surface area (Å²) in [7, 11) is 1.77. The second-order valence-corrected chi connectivity index (χ2v) is 4.02. The first-order valence-corrected chi connectivity index (χ1v) is 4.94. The third kappa shape index (κ3) is 2.76. The lowest BCUT2D eigenvalue weighted by Crippen LogP contribution is -2.42. The molecule has 0 saturated heterocycles. The highest BCUT2D eigenvalue weighted by atomic mass is 16.5. The van der Waals surface area contributed by atoms with Gasteiger partial charge in [-0.25, -0.2) is 0 Å². The van der Waals surface area contributed by atoms with Gasteiger partial charge in [0.15, 0.2) is 0 Å². The molecule has 0 aliphatic heterocycles. The second kappa shape index (κ2) is 4.24. The number of rotatable bonds is 5. The summed E-state index contributed by atoms with van der Waals surface area (Å²) in [4.78, 5) is 0. The summed E-state index contributed by atoms with van der Waals surface area (Å²) in [5.74, 6) is 0.927. The average molecular weight is 171 g/mol. The van der Waals surface area contributed by atoms with E-state index in [4.69, 9.17) is 4.74 Å². The van der Waals surface area contributed by atoms with Gasteiger partial charge in [-0.3, -0.25) is 0 Å². The molecule has 2 heteroatoms. The standard InChI is InChI=1S/C10H21NO/c1-7(9(3)12-4)11-8(2)10-5-6-10/h7-11H,5-6H2,1-4H3. The highest BCUT2D eigenvalue weighted by Crippen LogP contribution is 2.32. The maximum Gasteiger partial charge on any atom is 0.0693 e. The molecule has 1 rings (SSSR count). The Labute approximate surface area is 75.7 Å². The quantitative estimate of drug-likeness (QED) is 0.681. The van der Waals surface area contributed by atoms with Gasteiger partial charge in [-0.05, 0) is 39.5 Å². The minimum Gasteiger partial charge on any atom is -0.380 e. The van der Waals surface area contributed by atoms with Crippen LogP contribution in [0.3, 0.4) is 0 Å². The van der Waals surface area contributed by atoms with Gasteiger partial charge in [-0.15, -0.1) is 0 Å². The van der Waals surface area contributed by atoms with Crippen LogP contribution in [0.15, 0.2) is 0 Å². The summed E-state index contributed by atoms with van der Waals surface area (Å²) in [6.45, 7) is 6.57. The smallest absolute Gasteiger partial charge is 0.0693 e. The number of ether oxygens (including phenoxy) is 1. The minimum atomic E-state index is 0.311. The van der Waals surface area contributed by atoms with Crippen molar-refractivity contribution in [3.05, 3.63) is 0 Å². The number of hydrogen-bond donors (Lipinski definition) is 1. The summed E-state index contributed by atoms with van der Waals surface area (Å²) in [5, 5.41) is 3.57. The third-order valence-electron chi connectivity index (χ3n) is 2.93. The van der Waals surface area contributed by atoms with Crippen molar-refractivity contribution in [3.63, 3.8) is 0 Å². The molecular weight excluding hydrogens is 150 g/mol. The Morgan fingerprint density at radius 3 is 2.25 bits per heavy atom. The summed E-state index contributed by atoms with van der Waals surface area (Å²) in [5.41, 5.74) is 0. The molecule has 1 aliphatic rings. The molecule has 3 unspecified atom stereocenters. The molecule has 3 atom stereocenters. The molecule has 0 aromatic heterocycles. The van der Waals surface area contributed by atoms with E-state index >= 15 is 0 Å². The summed E-state index contributed by atoms with van der Waals surface area (Å²) < 4.78 is 5.25. The normalized spacial score (nSPS) is 25.0. The van der Waals surface area contributed by atoms with E-state index < -0.39 is 0 Å². The van der Waals surface area contributed by atoms with Crippen LogP contribution in [-0.4, -0.2) is 25.3 Å². The molecule has 72 valence electrons. The van der Waals surface area contributed by atoms with Crippen molar-refractivity contribution in [2.24, 2.45) is 5.92 Å². The highest BCUT2D eigenvalue weighted by Gasteiger charge is 2.29. The fraction of sp³-hybridized carbons (Fsp3) is 1.00. The lowest BCUT2D eigenvalue weighted by atomic mass is 10.1. The Balaban J connectivity index is 2.19. The molecule has 0 aromatic rings. The zero-order valence-corrected chi connectivity index (χ0v) is 8.63. The zero-order chi connectivity index (χ0) is 9.14. The predicted octanol–water partition coefficient (Wildman–Crippen LogP) is 1.80. The molecule has 1 saturated carbocycles. The molecule has 0 amide bonds. The van der Waals surface area contributed by atoms with Gasteiger partial charge in [-0.1, -0.05) is 0 Å². The monoisotopic (exact) mass is 171 g/mol. The van der Waals surface area contributed by atoms with E-state index in [1.54, 1.807) is 7.11 Å². The van der Waals surface area contributed by atoms with Crippen molar-refractivity contribution in [3.8, 4) is 0 Å². The molecule has 0 radical (unpaired) electrons. The molecule has 1 aliphatic carbocycles. The summed E-state index contributed by atoms with van der Waals surface area (Å²) in [6, 6.07) is 1.13. The molecule has 0 spiro atoms. The van der Waals surface area contributed by atoms with E-state index in [9.17, 15) is 0 Å². The predicted molar refractivity (Wildman–Crippen MR) is 51.3 cm³/mol. The van der Waals surface area contributed by atoms with E-state index in [2.05, 4.69) is 26.1 Å². The Bertz CT molecular complexity index is 134. The van der Waals surface area contributed by atoms with E-state index in [1.807, 2.05) is 0 Å². The number of methoxy groups -OCH3 is 1. The van der Waals surface area contributed by atoms with Crippen molar-refractivity contribution < 1.29 is 4.74 Å². The first-order valence-electron chi connectivity index (χ1n) is 4.94. The highest BCUT2D eigenvalue weighted by molar-refractivity contribution is 4.85. The van der Waals surface area contributed by atoms with Gasteiger partial charge in [0.25, 0.3) is 0 Å². The van der Waals surface area contributed by atoms with E-state index in [0.717, 1.165) is 5.92 Å². The summed E-state index contributed by atoms with van der Waals surface area (Å²) in [6.07, 6.45) is 3.12. The number of nitrogens with one attached hydrogen (secondary N) is 1. The van der Waals surface area contributed by atoms with Crippen molar-refractivity contribution in [1.82, 2.24) is 5.32 Å². The maximum absolute atomic E-state index is 5.25. The SMILES string of the molecule is COC(C)C(C)NC(C)C1CC1. The second-order valence-electron chi connectivity index (χ2n) is 4.02. The topological polar surface area (TPSA) is 21.3 Å². The fourth-order valence-corrected chi connectivity index (χ4v) is 1.49. The van der Waals surface area contributed by atoms with Gasteiger partial charge in [0.2, 0.25) is 0 Å². The molecule has 1 fully saturated rings. The molecule has 0 bridgehead atoms. The fourth-order valence-electron chi connectivity index (χ4n) is 1.49. The van der Waals surface area contributed by atoms with Gasteiger partial charge in [0.1, 0.15) is 0 Å². The van der Waals surface area contributed by atoms with Crippen LogP contribution in [0, 0.1) is 5.92 Å². The van der Waals surface area contributed by atoms with Gasteiger partial charge in [0, 0.05) is 19.2 Å². The Hall–Kier alpha value is -0.0800. The van der Waals surface area contributed by atoms with Crippen molar-refractivity contribution in [2.75, 3.05) is 7.11 Å². The van der Waals surface area contributed by atoms with Gasteiger partial charge in [0.05, 0.1) is 6.10 Å². The Kier molecular flexibility index (Phi) is 3.53. The average Bonchev–Trinajstić information content (AvgIpc) is 2.84. The van der Waals surface area contributed by atoms with Gasteiger partial charge < -0.3 is 10.1 Å². The zero-order valence-electron chi connectivity index (χ0n) is 8.63. The Morgan fingerprint density at radius 1 is 1.25 bits per heavy atom. The van der Waals surface area contributed by atoms with E-state index in [-0.39, 0.29) is 0 Å². The van der Waals surface area contributed by atoms with Crippen LogP contribution in [0.5, 0.6) is 0 Å². The molecule has 0 aromatic carbocycles. The molecule has 0 heterocycles. The molecule has 1 N–H and O–H groups in total. The molecule has 2 nitrogen and oxygen atoms in total. The van der Waals surface area contributed by atoms with Gasteiger partial charge in [-0.2, -0.15) is 0 Å². The van der Waals surface area contributed by atoms with Crippen LogP contribution in [-0.2, 0) is 4.74 Å². The number of hydrogen-bond acceptors (Lipinski definition) is 2. The first kappa shape index (κ1) is 10.0.